The highest BCUT2D eigenvalue weighted by Crippen LogP contribution is 2.35. The quantitative estimate of drug-likeness (QED) is 0.134. The second-order valence-corrected chi connectivity index (χ2v) is 9.36. The van der Waals surface area contributed by atoms with E-state index in [2.05, 4.69) is 34.0 Å². The Morgan fingerprint density at radius 1 is 1.00 bits per heavy atom. The van der Waals surface area contributed by atoms with Gasteiger partial charge in [0.25, 0.3) is 5.91 Å². The van der Waals surface area contributed by atoms with Crippen molar-refractivity contribution in [2.75, 3.05) is 18.5 Å². The number of nitriles is 1. The zero-order valence-electron chi connectivity index (χ0n) is 20.0. The van der Waals surface area contributed by atoms with Gasteiger partial charge in [-0.05, 0) is 94.7 Å². The summed E-state index contributed by atoms with van der Waals surface area (Å²) in [5.74, 6) is 0.761. The lowest BCUT2D eigenvalue weighted by Crippen LogP contribution is -2.20. The number of hydrogen-bond acceptors (Lipinski definition) is 4. The Bertz CT molecular complexity index is 1470. The summed E-state index contributed by atoms with van der Waals surface area (Å²) >= 11 is 2.16. The number of rotatable bonds is 8. The van der Waals surface area contributed by atoms with Crippen LogP contribution in [0.5, 0.6) is 11.5 Å². The molecule has 1 amide bonds. The third kappa shape index (κ3) is 6.23. The van der Waals surface area contributed by atoms with E-state index in [9.17, 15) is 10.1 Å². The van der Waals surface area contributed by atoms with E-state index in [4.69, 9.17) is 9.47 Å². The van der Waals surface area contributed by atoms with Crippen LogP contribution in [0.4, 0.5) is 5.69 Å². The van der Waals surface area contributed by atoms with Crippen molar-refractivity contribution < 1.29 is 14.3 Å². The first kappa shape index (κ1) is 25.3. The third-order valence-corrected chi connectivity index (χ3v) is 6.31. The number of benzene rings is 4. The van der Waals surface area contributed by atoms with Gasteiger partial charge in [-0.1, -0.05) is 54.1 Å². The molecule has 5 nitrogen and oxygen atoms in total. The zero-order chi connectivity index (χ0) is 25.5. The first-order valence-corrected chi connectivity index (χ1v) is 12.6. The number of aryl methyl sites for hydroxylation is 1. The molecule has 1 N–H and O–H groups in total. The number of halogens is 1. The Hall–Kier alpha value is -3.83. The number of nitrogens with zero attached hydrogens (tertiary/aromatic N) is 1. The molecule has 180 valence electrons. The van der Waals surface area contributed by atoms with Crippen LogP contribution in [0, 0.1) is 21.8 Å². The van der Waals surface area contributed by atoms with Gasteiger partial charge in [-0.3, -0.25) is 4.79 Å². The van der Waals surface area contributed by atoms with Gasteiger partial charge in [-0.25, -0.2) is 0 Å². The summed E-state index contributed by atoms with van der Waals surface area (Å²) in [4.78, 5) is 12.4. The average molecular weight is 588 g/mol. The van der Waals surface area contributed by atoms with Crippen molar-refractivity contribution in [3.63, 3.8) is 0 Å². The minimum atomic E-state index is -0.260. The summed E-state index contributed by atoms with van der Waals surface area (Å²) in [5, 5.41) is 14.9. The van der Waals surface area contributed by atoms with Gasteiger partial charge in [-0.15, -0.1) is 0 Å². The molecule has 4 aromatic rings. The van der Waals surface area contributed by atoms with Crippen LogP contribution in [0.2, 0.25) is 0 Å². The van der Waals surface area contributed by atoms with Gasteiger partial charge in [0.15, 0.2) is 18.1 Å². The van der Waals surface area contributed by atoms with Gasteiger partial charge in [0.1, 0.15) is 0 Å². The van der Waals surface area contributed by atoms with Gasteiger partial charge >= 0.3 is 0 Å². The second kappa shape index (κ2) is 11.7. The molecule has 0 aliphatic carbocycles. The van der Waals surface area contributed by atoms with Crippen molar-refractivity contribution >= 4 is 56.6 Å². The summed E-state index contributed by atoms with van der Waals surface area (Å²) in [6.45, 7) is 4.16. The van der Waals surface area contributed by atoms with Crippen molar-refractivity contribution in [3.8, 4) is 17.6 Å². The normalized spacial score (nSPS) is 11.1. The summed E-state index contributed by atoms with van der Waals surface area (Å²) in [6.07, 6.45) is 1.84. The van der Waals surface area contributed by atoms with Crippen molar-refractivity contribution in [2.24, 2.45) is 0 Å². The number of allylic oxidation sites excluding steroid dienone is 1. The molecule has 0 unspecified atom stereocenters. The molecule has 0 radical (unpaired) electrons. The third-order valence-electron chi connectivity index (χ3n) is 5.51. The van der Waals surface area contributed by atoms with E-state index >= 15 is 0 Å². The van der Waals surface area contributed by atoms with E-state index in [0.29, 0.717) is 29.4 Å². The van der Waals surface area contributed by atoms with Gasteiger partial charge in [-0.2, -0.15) is 5.26 Å². The number of hydrogen-bond donors (Lipinski definition) is 1. The lowest BCUT2D eigenvalue weighted by atomic mass is 10.00. The Balaban J connectivity index is 1.56. The number of amides is 1. The topological polar surface area (TPSA) is 71.3 Å². The van der Waals surface area contributed by atoms with Crippen LogP contribution in [0.25, 0.3) is 22.4 Å². The molecule has 0 spiro atoms. The standard InChI is InChI=1S/C30H25IN2O3/c1-3-35-28-16-21(14-25(18-32)24-11-10-22-6-4-5-7-23(22)17-24)15-27(31)30(28)36-19-29(34)33-26-12-8-20(2)9-13-26/h4-17H,3,19H2,1-2H3,(H,33,34)/b25-14-. The van der Waals surface area contributed by atoms with E-state index in [1.54, 1.807) is 0 Å². The van der Waals surface area contributed by atoms with Crippen LogP contribution in [0.3, 0.4) is 0 Å². The van der Waals surface area contributed by atoms with Crippen molar-refractivity contribution in [1.29, 1.82) is 5.26 Å². The van der Waals surface area contributed by atoms with Gasteiger partial charge in [0.05, 0.1) is 21.8 Å². The molecule has 0 heterocycles. The largest absolute Gasteiger partial charge is 0.490 e. The Labute approximate surface area is 224 Å². The smallest absolute Gasteiger partial charge is 0.262 e. The molecule has 0 aliphatic rings. The molecule has 0 saturated heterocycles. The molecule has 6 heteroatoms. The molecule has 4 aromatic carbocycles. The summed E-state index contributed by atoms with van der Waals surface area (Å²) in [7, 11) is 0. The minimum Gasteiger partial charge on any atom is -0.490 e. The van der Waals surface area contributed by atoms with Gasteiger partial charge in [0.2, 0.25) is 0 Å². The monoisotopic (exact) mass is 588 g/mol. The highest BCUT2D eigenvalue weighted by Gasteiger charge is 2.15. The number of nitrogens with one attached hydrogen (secondary N) is 1. The minimum absolute atomic E-state index is 0.153. The number of fused-ring (bicyclic) bond motifs is 1. The summed E-state index contributed by atoms with van der Waals surface area (Å²) in [5.41, 5.74) is 4.04. The maximum absolute atomic E-state index is 12.4. The number of carbonyl (C=O) groups excluding carboxylic acids is 1. The molecule has 36 heavy (non-hydrogen) atoms. The zero-order valence-corrected chi connectivity index (χ0v) is 22.2. The predicted octanol–water partition coefficient (Wildman–Crippen LogP) is 7.23. The van der Waals surface area contributed by atoms with E-state index in [1.807, 2.05) is 98.8 Å². The lowest BCUT2D eigenvalue weighted by molar-refractivity contribution is -0.118. The predicted molar refractivity (Wildman–Crippen MR) is 153 cm³/mol. The fraction of sp³-hybridized carbons (Fsp3) is 0.133. The van der Waals surface area contributed by atoms with Crippen LogP contribution in [0.1, 0.15) is 23.6 Å². The van der Waals surface area contributed by atoms with E-state index in [-0.39, 0.29) is 12.5 Å². The van der Waals surface area contributed by atoms with Crippen LogP contribution >= 0.6 is 22.6 Å². The highest BCUT2D eigenvalue weighted by molar-refractivity contribution is 14.1. The SMILES string of the molecule is CCOc1cc(/C=C(/C#N)c2ccc3ccccc3c2)cc(I)c1OCC(=O)Nc1ccc(C)cc1. The van der Waals surface area contributed by atoms with Crippen LogP contribution in [0.15, 0.2) is 78.9 Å². The maximum atomic E-state index is 12.4. The highest BCUT2D eigenvalue weighted by atomic mass is 127. The number of anilines is 1. The van der Waals surface area contributed by atoms with Crippen LogP contribution in [-0.2, 0) is 4.79 Å². The first-order valence-electron chi connectivity index (χ1n) is 11.5. The molecule has 0 saturated carbocycles. The molecular weight excluding hydrogens is 563 g/mol. The van der Waals surface area contributed by atoms with Crippen LogP contribution in [-0.4, -0.2) is 19.1 Å². The fourth-order valence-electron chi connectivity index (χ4n) is 3.75. The first-order chi connectivity index (χ1) is 17.5. The lowest BCUT2D eigenvalue weighted by Gasteiger charge is -2.15. The van der Waals surface area contributed by atoms with E-state index in [1.165, 1.54) is 0 Å². The Morgan fingerprint density at radius 3 is 2.47 bits per heavy atom. The second-order valence-electron chi connectivity index (χ2n) is 8.20. The molecule has 0 aromatic heterocycles. The molecule has 0 aliphatic heterocycles. The Morgan fingerprint density at radius 2 is 1.75 bits per heavy atom. The summed E-state index contributed by atoms with van der Waals surface area (Å²) in [6, 6.07) is 27.7. The summed E-state index contributed by atoms with van der Waals surface area (Å²) < 4.78 is 12.5. The van der Waals surface area contributed by atoms with Gasteiger partial charge in [0, 0.05) is 5.69 Å². The maximum Gasteiger partial charge on any atom is 0.262 e. The van der Waals surface area contributed by atoms with Crippen molar-refractivity contribution in [2.45, 2.75) is 13.8 Å². The number of ether oxygens (including phenoxy) is 2. The average Bonchev–Trinajstić information content (AvgIpc) is 2.88. The van der Waals surface area contributed by atoms with Crippen molar-refractivity contribution in [1.82, 2.24) is 0 Å². The number of carbonyl (C=O) groups is 1. The molecule has 4 rings (SSSR count). The fourth-order valence-corrected chi connectivity index (χ4v) is 4.53. The van der Waals surface area contributed by atoms with E-state index < -0.39 is 0 Å². The molecular formula is C30H25IN2O3. The molecule has 0 atom stereocenters. The molecule has 0 fully saturated rings. The Kier molecular flexibility index (Phi) is 8.24. The van der Waals surface area contributed by atoms with Crippen molar-refractivity contribution in [3.05, 3.63) is 99.1 Å². The van der Waals surface area contributed by atoms with Crippen LogP contribution < -0.4 is 14.8 Å². The van der Waals surface area contributed by atoms with E-state index in [0.717, 1.165) is 31.0 Å². The van der Waals surface area contributed by atoms with Gasteiger partial charge < -0.3 is 14.8 Å². The molecule has 0 bridgehead atoms.